The van der Waals surface area contributed by atoms with Crippen LogP contribution in [0.15, 0.2) is 0 Å². The van der Waals surface area contributed by atoms with Gasteiger partial charge in [-0.15, -0.1) is 0 Å². The van der Waals surface area contributed by atoms with Crippen molar-refractivity contribution in [1.82, 2.24) is 0 Å². The molecule has 0 spiro atoms. The first-order valence-corrected chi connectivity index (χ1v) is 2.36. The van der Waals surface area contributed by atoms with Crippen LogP contribution in [0.1, 0.15) is 0 Å². The van der Waals surface area contributed by atoms with Crippen molar-refractivity contribution < 1.29 is 0 Å². The third-order valence-electron chi connectivity index (χ3n) is 0.157. The largest absolute Gasteiger partial charge is 0.524 e. The Balaban J connectivity index is 2.81. The van der Waals surface area contributed by atoms with Crippen molar-refractivity contribution in [2.45, 2.75) is 0 Å². The van der Waals surface area contributed by atoms with Crippen LogP contribution in [0.5, 0.6) is 0 Å². The van der Waals surface area contributed by atoms with Crippen molar-refractivity contribution in [2.75, 3.05) is 0 Å². The van der Waals surface area contributed by atoms with Gasteiger partial charge in [0.2, 0.25) is 0 Å². The van der Waals surface area contributed by atoms with Gasteiger partial charge in [-0.3, -0.25) is 0 Å². The second-order valence-corrected chi connectivity index (χ2v) is 1.05. The maximum atomic E-state index is 3.28. The van der Waals surface area contributed by atoms with Gasteiger partial charge in [-0.2, -0.15) is 22.6 Å². The van der Waals surface area contributed by atoms with Crippen molar-refractivity contribution in [3.63, 3.8) is 0 Å². The predicted molar refractivity (Wildman–Crippen MR) is 31.5 cm³/mol. The summed E-state index contributed by atoms with van der Waals surface area (Å²) in [6.45, 7) is 3.28. The molecule has 0 amide bonds. The van der Waals surface area contributed by atoms with Crippen molar-refractivity contribution in [3.8, 4) is 11.8 Å². The molecule has 0 rings (SSSR count). The van der Waals surface area contributed by atoms with Crippen molar-refractivity contribution in [1.29, 1.82) is 0 Å². The number of halogens is 1. The summed E-state index contributed by atoms with van der Waals surface area (Å²) in [5.74, 6) is 5.07. The fraction of sp³-hybridized carbons (Fsp3) is 0. The highest BCUT2D eigenvalue weighted by Crippen LogP contribution is 1.81. The van der Waals surface area contributed by atoms with Crippen LogP contribution in [0.25, 0.3) is 0 Å². The van der Waals surface area contributed by atoms with Crippen molar-refractivity contribution in [2.24, 2.45) is 0 Å². The molecule has 0 bridgehead atoms. The van der Waals surface area contributed by atoms with Gasteiger partial charge >= 0.3 is 0 Å². The highest BCUT2D eigenvalue weighted by molar-refractivity contribution is 14.1. The minimum absolute atomic E-state index is 1.73. The molecular formula is C4H3I-2. The Morgan fingerprint density at radius 1 is 1.80 bits per heavy atom. The fourth-order valence-electron chi connectivity index (χ4n) is 0.0386. The van der Waals surface area contributed by atoms with E-state index < -0.39 is 0 Å². The van der Waals surface area contributed by atoms with E-state index in [1.54, 1.807) is 4.43 Å². The quantitative estimate of drug-likeness (QED) is 0.299. The fourth-order valence-corrected chi connectivity index (χ4v) is 0.259. The summed E-state index contributed by atoms with van der Waals surface area (Å²) in [7, 11) is 0. The van der Waals surface area contributed by atoms with Crippen LogP contribution < -0.4 is 0 Å². The van der Waals surface area contributed by atoms with E-state index in [-0.39, 0.29) is 0 Å². The van der Waals surface area contributed by atoms with Gasteiger partial charge in [-0.1, -0.05) is 0 Å². The average molecular weight is 178 g/mol. The van der Waals surface area contributed by atoms with Crippen LogP contribution in [-0.2, 0) is 0 Å². The molecule has 0 nitrogen and oxygen atoms in total. The zero-order chi connectivity index (χ0) is 4.12. The second kappa shape index (κ2) is 4.03. The first-order valence-electron chi connectivity index (χ1n) is 1.11. The maximum absolute atomic E-state index is 3.28. The zero-order valence-electron chi connectivity index (χ0n) is 2.66. The lowest BCUT2D eigenvalue weighted by Gasteiger charge is -1.89. The van der Waals surface area contributed by atoms with Crippen LogP contribution in [0.2, 0.25) is 0 Å². The summed E-state index contributed by atoms with van der Waals surface area (Å²) in [5.41, 5.74) is 0. The lowest BCUT2D eigenvalue weighted by atomic mass is 10.7. The predicted octanol–water partition coefficient (Wildman–Crippen LogP) is 1.42. The maximum Gasteiger partial charge on any atom is -0.191 e. The van der Waals surface area contributed by atoms with Gasteiger partial charge in [0, 0.05) is 0 Å². The monoisotopic (exact) mass is 178 g/mol. The summed E-state index contributed by atoms with van der Waals surface area (Å²) in [6.07, 6.45) is 0. The average Bonchev–Trinajstić information content (AvgIpc) is 1.41. The van der Waals surface area contributed by atoms with Gasteiger partial charge in [-0.25, -0.2) is 4.43 Å². The van der Waals surface area contributed by atoms with E-state index in [0.717, 1.165) is 0 Å². The topological polar surface area (TPSA) is 0 Å². The molecule has 0 radical (unpaired) electrons. The van der Waals surface area contributed by atoms with Gasteiger partial charge < -0.3 is 18.8 Å². The van der Waals surface area contributed by atoms with Crippen LogP contribution in [-0.4, -0.2) is 0 Å². The molecule has 5 heavy (non-hydrogen) atoms. The Hall–Kier alpha value is 0.0300. The molecule has 0 aromatic heterocycles. The molecule has 0 unspecified atom stereocenters. The van der Waals surface area contributed by atoms with Crippen LogP contribution in [0, 0.1) is 23.2 Å². The molecule has 0 aliphatic carbocycles. The highest BCUT2D eigenvalue weighted by Gasteiger charge is 1.21. The van der Waals surface area contributed by atoms with Gasteiger partial charge in [0.05, 0.1) is 0 Å². The summed E-state index contributed by atoms with van der Waals surface area (Å²) in [6, 6.07) is 0. The number of hydrogen-bond acceptors (Lipinski definition) is 0. The standard InChI is InChI=1S/C4H3I/c1-2-3-4-5/h4H,1H2/q-2. The highest BCUT2D eigenvalue weighted by atomic mass is 127. The summed E-state index contributed by atoms with van der Waals surface area (Å²) in [5, 5.41) is 0. The van der Waals surface area contributed by atoms with Gasteiger partial charge in [0.15, 0.2) is 0 Å². The molecule has 0 N–H and O–H groups in total. The van der Waals surface area contributed by atoms with E-state index in [9.17, 15) is 0 Å². The first-order chi connectivity index (χ1) is 2.41. The minimum Gasteiger partial charge on any atom is -0.524 e. The molecule has 0 heterocycles. The smallest absolute Gasteiger partial charge is 0.191 e. The van der Waals surface area contributed by atoms with E-state index >= 15 is 0 Å². The summed E-state index contributed by atoms with van der Waals surface area (Å²) < 4.78 is 1.73. The Morgan fingerprint density at radius 2 is 2.40 bits per heavy atom. The van der Waals surface area contributed by atoms with Gasteiger partial charge in [-0.05, 0) is 0 Å². The Kier molecular flexibility index (Phi) is 4.05. The van der Waals surface area contributed by atoms with Crippen LogP contribution >= 0.6 is 22.6 Å². The number of hydrogen-bond donors (Lipinski definition) is 0. The van der Waals surface area contributed by atoms with E-state index in [4.69, 9.17) is 0 Å². The molecule has 0 aliphatic rings. The Labute approximate surface area is 46.1 Å². The van der Waals surface area contributed by atoms with E-state index in [1.807, 2.05) is 22.6 Å². The molecule has 0 fully saturated rings. The third kappa shape index (κ3) is 4.03. The number of rotatable bonds is 0. The van der Waals surface area contributed by atoms with Crippen LogP contribution in [0.4, 0.5) is 0 Å². The SMILES string of the molecule is [CH2-]C#C[CH-]I. The molecule has 28 valence electrons. The van der Waals surface area contributed by atoms with Crippen molar-refractivity contribution in [3.05, 3.63) is 11.4 Å². The second-order valence-electron chi connectivity index (χ2n) is 0.430. The van der Waals surface area contributed by atoms with E-state index in [1.165, 1.54) is 0 Å². The first kappa shape index (κ1) is 5.03. The third-order valence-corrected chi connectivity index (χ3v) is 0.468. The molecule has 0 aliphatic heterocycles. The zero-order valence-corrected chi connectivity index (χ0v) is 4.82. The molecule has 1 heteroatoms. The molecule has 0 atom stereocenters. The molecular weight excluding hydrogens is 175 g/mol. The van der Waals surface area contributed by atoms with Gasteiger partial charge in [0.1, 0.15) is 0 Å². The normalized spacial score (nSPS) is 4.20. The molecule has 0 saturated carbocycles. The lowest BCUT2D eigenvalue weighted by molar-refractivity contribution is 2.25. The Bertz CT molecular complexity index is 55.8. The molecule has 0 saturated heterocycles. The Morgan fingerprint density at radius 3 is 2.40 bits per heavy atom. The summed E-state index contributed by atoms with van der Waals surface area (Å²) in [4.78, 5) is 0. The van der Waals surface area contributed by atoms with E-state index in [2.05, 4.69) is 18.8 Å². The summed E-state index contributed by atoms with van der Waals surface area (Å²) >= 11 is 2.05. The molecule has 0 aromatic rings. The minimum atomic E-state index is 1.73. The van der Waals surface area contributed by atoms with Crippen molar-refractivity contribution >= 4 is 22.6 Å². The molecule has 0 aromatic carbocycles. The van der Waals surface area contributed by atoms with E-state index in [0.29, 0.717) is 0 Å². The lowest BCUT2D eigenvalue weighted by Crippen LogP contribution is -1.40. The van der Waals surface area contributed by atoms with Gasteiger partial charge in [0.25, 0.3) is 0 Å². The van der Waals surface area contributed by atoms with Crippen LogP contribution in [0.3, 0.4) is 0 Å².